The van der Waals surface area contributed by atoms with Crippen molar-refractivity contribution in [2.24, 2.45) is 0 Å². The van der Waals surface area contributed by atoms with Gasteiger partial charge >= 0.3 is 0 Å². The topological polar surface area (TPSA) is 82.7 Å². The molecule has 0 atom stereocenters. The molecule has 0 aliphatic carbocycles. The summed E-state index contributed by atoms with van der Waals surface area (Å²) in [6, 6.07) is 10.6. The number of amides is 1. The highest BCUT2D eigenvalue weighted by Crippen LogP contribution is 2.26. The van der Waals surface area contributed by atoms with Gasteiger partial charge in [0.05, 0.1) is 11.3 Å². The van der Waals surface area contributed by atoms with E-state index < -0.39 is 0 Å². The SMILES string of the molecule is Nc1cccc(C(=O)N2CCN(c3ccccn3)CC2)c1O. The van der Waals surface area contributed by atoms with Crippen LogP contribution < -0.4 is 10.6 Å². The van der Waals surface area contributed by atoms with Crippen molar-refractivity contribution in [3.8, 4) is 5.75 Å². The number of nitrogens with zero attached hydrogens (tertiary/aromatic N) is 3. The molecule has 114 valence electrons. The molecule has 6 nitrogen and oxygen atoms in total. The minimum Gasteiger partial charge on any atom is -0.505 e. The molecule has 0 unspecified atom stereocenters. The maximum absolute atomic E-state index is 12.5. The molecule has 22 heavy (non-hydrogen) atoms. The highest BCUT2D eigenvalue weighted by atomic mass is 16.3. The van der Waals surface area contributed by atoms with E-state index in [1.54, 1.807) is 29.3 Å². The number of phenols is 1. The van der Waals surface area contributed by atoms with Crippen LogP contribution in [0.5, 0.6) is 5.75 Å². The van der Waals surface area contributed by atoms with Crippen molar-refractivity contribution in [2.45, 2.75) is 0 Å². The molecule has 6 heteroatoms. The maximum Gasteiger partial charge on any atom is 0.257 e. The Hall–Kier alpha value is -2.76. The number of nitrogens with two attached hydrogens (primary N) is 1. The van der Waals surface area contributed by atoms with Crippen LogP contribution in [-0.4, -0.2) is 47.1 Å². The monoisotopic (exact) mass is 298 g/mol. The quantitative estimate of drug-likeness (QED) is 0.645. The van der Waals surface area contributed by atoms with E-state index in [9.17, 15) is 9.90 Å². The van der Waals surface area contributed by atoms with Gasteiger partial charge < -0.3 is 20.6 Å². The van der Waals surface area contributed by atoms with Gasteiger partial charge in [-0.25, -0.2) is 4.98 Å². The second-order valence-electron chi connectivity index (χ2n) is 5.21. The molecule has 0 spiro atoms. The number of hydrogen-bond acceptors (Lipinski definition) is 5. The molecule has 1 fully saturated rings. The van der Waals surface area contributed by atoms with Crippen molar-refractivity contribution in [2.75, 3.05) is 36.8 Å². The Morgan fingerprint density at radius 3 is 2.55 bits per heavy atom. The van der Waals surface area contributed by atoms with Gasteiger partial charge in [-0.3, -0.25) is 4.79 Å². The first-order chi connectivity index (χ1) is 10.7. The summed E-state index contributed by atoms with van der Waals surface area (Å²) in [7, 11) is 0. The molecule has 3 rings (SSSR count). The van der Waals surface area contributed by atoms with E-state index in [0.29, 0.717) is 26.2 Å². The molecular formula is C16H18N4O2. The van der Waals surface area contributed by atoms with Gasteiger partial charge in [0.15, 0.2) is 5.75 Å². The second kappa shape index (κ2) is 5.93. The Morgan fingerprint density at radius 1 is 1.09 bits per heavy atom. The lowest BCUT2D eigenvalue weighted by molar-refractivity contribution is 0.0743. The first-order valence-electron chi connectivity index (χ1n) is 7.19. The molecule has 1 aromatic heterocycles. The van der Waals surface area contributed by atoms with Crippen molar-refractivity contribution in [1.29, 1.82) is 0 Å². The van der Waals surface area contributed by atoms with Gasteiger partial charge in [-0.1, -0.05) is 12.1 Å². The zero-order chi connectivity index (χ0) is 15.5. The van der Waals surface area contributed by atoms with E-state index in [2.05, 4.69) is 9.88 Å². The average molecular weight is 298 g/mol. The fourth-order valence-electron chi connectivity index (χ4n) is 2.58. The Morgan fingerprint density at radius 2 is 1.86 bits per heavy atom. The predicted octanol–water partition coefficient (Wildman–Crippen LogP) is 1.33. The van der Waals surface area contributed by atoms with Crippen LogP contribution in [0.1, 0.15) is 10.4 Å². The zero-order valence-corrected chi connectivity index (χ0v) is 12.1. The largest absolute Gasteiger partial charge is 0.505 e. The summed E-state index contributed by atoms with van der Waals surface area (Å²) in [5.41, 5.74) is 6.12. The lowest BCUT2D eigenvalue weighted by Crippen LogP contribution is -2.49. The molecule has 0 saturated carbocycles. The van der Waals surface area contributed by atoms with Gasteiger partial charge in [0, 0.05) is 32.4 Å². The zero-order valence-electron chi connectivity index (χ0n) is 12.1. The number of rotatable bonds is 2. The third kappa shape index (κ3) is 2.67. The summed E-state index contributed by atoms with van der Waals surface area (Å²) >= 11 is 0. The number of anilines is 2. The third-order valence-corrected chi connectivity index (χ3v) is 3.84. The van der Waals surface area contributed by atoms with Crippen LogP contribution in [-0.2, 0) is 0 Å². The third-order valence-electron chi connectivity index (χ3n) is 3.84. The lowest BCUT2D eigenvalue weighted by atomic mass is 10.1. The number of phenolic OH excluding ortho intramolecular Hbond substituents is 1. The van der Waals surface area contributed by atoms with Crippen LogP contribution in [0.4, 0.5) is 11.5 Å². The molecule has 1 saturated heterocycles. The molecule has 2 heterocycles. The van der Waals surface area contributed by atoms with Crippen molar-refractivity contribution >= 4 is 17.4 Å². The molecule has 0 bridgehead atoms. The van der Waals surface area contributed by atoms with Crippen LogP contribution in [0.3, 0.4) is 0 Å². The summed E-state index contributed by atoms with van der Waals surface area (Å²) in [4.78, 5) is 20.7. The van der Waals surface area contributed by atoms with Gasteiger partial charge in [0.1, 0.15) is 5.82 Å². The highest BCUT2D eigenvalue weighted by molar-refractivity contribution is 5.98. The number of carbonyl (C=O) groups is 1. The number of carbonyl (C=O) groups excluding carboxylic acids is 1. The highest BCUT2D eigenvalue weighted by Gasteiger charge is 2.24. The Kier molecular flexibility index (Phi) is 3.82. The van der Waals surface area contributed by atoms with Crippen molar-refractivity contribution in [3.05, 3.63) is 48.2 Å². The van der Waals surface area contributed by atoms with Crippen LogP contribution in [0, 0.1) is 0 Å². The van der Waals surface area contributed by atoms with E-state index in [1.807, 2.05) is 18.2 Å². The van der Waals surface area contributed by atoms with E-state index in [-0.39, 0.29) is 22.9 Å². The number of pyridine rings is 1. The fraction of sp³-hybridized carbons (Fsp3) is 0.250. The van der Waals surface area contributed by atoms with Crippen molar-refractivity contribution < 1.29 is 9.90 Å². The molecule has 1 aromatic carbocycles. The predicted molar refractivity (Wildman–Crippen MR) is 84.9 cm³/mol. The van der Waals surface area contributed by atoms with Crippen LogP contribution >= 0.6 is 0 Å². The minimum absolute atomic E-state index is 0.139. The smallest absolute Gasteiger partial charge is 0.257 e. The number of benzene rings is 1. The normalized spacial score (nSPS) is 14.9. The first-order valence-corrected chi connectivity index (χ1v) is 7.19. The second-order valence-corrected chi connectivity index (χ2v) is 5.21. The first kappa shape index (κ1) is 14.2. The number of aromatic nitrogens is 1. The lowest BCUT2D eigenvalue weighted by Gasteiger charge is -2.35. The fourth-order valence-corrected chi connectivity index (χ4v) is 2.58. The standard InChI is InChI=1S/C16H18N4O2/c17-13-5-3-4-12(15(13)21)16(22)20-10-8-19(9-11-20)14-6-1-2-7-18-14/h1-7,21H,8-11,17H2. The molecular weight excluding hydrogens is 280 g/mol. The molecule has 0 radical (unpaired) electrons. The van der Waals surface area contributed by atoms with Crippen LogP contribution in [0.15, 0.2) is 42.6 Å². The van der Waals surface area contributed by atoms with E-state index in [1.165, 1.54) is 0 Å². The summed E-state index contributed by atoms with van der Waals surface area (Å²) in [6.07, 6.45) is 1.76. The van der Waals surface area contributed by atoms with E-state index in [0.717, 1.165) is 5.82 Å². The van der Waals surface area contributed by atoms with Crippen molar-refractivity contribution in [1.82, 2.24) is 9.88 Å². The van der Waals surface area contributed by atoms with Gasteiger partial charge in [-0.15, -0.1) is 0 Å². The molecule has 1 aliphatic rings. The molecule has 2 aromatic rings. The summed E-state index contributed by atoms with van der Waals surface area (Å²) in [5.74, 6) is 0.589. The molecule has 1 amide bonds. The van der Waals surface area contributed by atoms with Gasteiger partial charge in [0.2, 0.25) is 0 Å². The van der Waals surface area contributed by atoms with Gasteiger partial charge in [0.25, 0.3) is 5.91 Å². The Labute approximate surface area is 128 Å². The number of piperazine rings is 1. The van der Waals surface area contributed by atoms with E-state index in [4.69, 9.17) is 5.73 Å². The van der Waals surface area contributed by atoms with Gasteiger partial charge in [-0.2, -0.15) is 0 Å². The average Bonchev–Trinajstić information content (AvgIpc) is 2.58. The maximum atomic E-state index is 12.5. The van der Waals surface area contributed by atoms with Crippen molar-refractivity contribution in [3.63, 3.8) is 0 Å². The summed E-state index contributed by atoms with van der Waals surface area (Å²) < 4.78 is 0. The molecule has 1 aliphatic heterocycles. The van der Waals surface area contributed by atoms with Crippen LogP contribution in [0.2, 0.25) is 0 Å². The van der Waals surface area contributed by atoms with Gasteiger partial charge in [-0.05, 0) is 24.3 Å². The summed E-state index contributed by atoms with van der Waals surface area (Å²) in [6.45, 7) is 2.60. The molecule has 3 N–H and O–H groups in total. The Balaban J connectivity index is 1.69. The number of para-hydroxylation sites is 1. The Bertz CT molecular complexity index is 667. The van der Waals surface area contributed by atoms with E-state index >= 15 is 0 Å². The number of aromatic hydroxyl groups is 1. The minimum atomic E-state index is -0.189. The van der Waals surface area contributed by atoms with Crippen LogP contribution in [0.25, 0.3) is 0 Å². The number of nitrogen functional groups attached to an aromatic ring is 1. The number of hydrogen-bond donors (Lipinski definition) is 2. The summed E-state index contributed by atoms with van der Waals surface area (Å²) in [5, 5.41) is 9.94.